The molecule has 1 aliphatic rings. The number of thiazole rings is 1. The molecular weight excluding hydrogens is 428 g/mol. The van der Waals surface area contributed by atoms with Crippen molar-refractivity contribution in [2.24, 2.45) is 5.92 Å². The largest absolute Gasteiger partial charge is 0.478 e. The second kappa shape index (κ2) is 9.12. The third-order valence-electron chi connectivity index (χ3n) is 6.33. The number of hydrogen-bond acceptors (Lipinski definition) is 4. The molecule has 1 N–H and O–H groups in total. The summed E-state index contributed by atoms with van der Waals surface area (Å²) in [6, 6.07) is 16.8. The zero-order chi connectivity index (χ0) is 22.8. The van der Waals surface area contributed by atoms with Crippen molar-refractivity contribution in [3.05, 3.63) is 100 Å². The number of aromatic nitrogens is 2. The number of hydrogen-bond donors (Lipinski definition) is 1. The van der Waals surface area contributed by atoms with E-state index in [1.54, 1.807) is 17.4 Å². The smallest absolute Gasteiger partial charge is 0.328 e. The molecule has 4 aromatic rings. The van der Waals surface area contributed by atoms with Crippen molar-refractivity contribution in [3.8, 4) is 0 Å². The quantitative estimate of drug-likeness (QED) is 0.325. The molecule has 0 atom stereocenters. The molecule has 2 heterocycles. The fourth-order valence-corrected chi connectivity index (χ4v) is 5.11. The molecule has 0 unspecified atom stereocenters. The molecule has 1 saturated carbocycles. The number of allylic oxidation sites excluding steroid dienone is 1. The van der Waals surface area contributed by atoms with Crippen LogP contribution in [-0.2, 0) is 4.79 Å². The highest BCUT2D eigenvalue weighted by atomic mass is 32.1. The van der Waals surface area contributed by atoms with Crippen molar-refractivity contribution in [2.45, 2.75) is 26.2 Å². The van der Waals surface area contributed by atoms with Crippen molar-refractivity contribution >= 4 is 44.7 Å². The fraction of sp³-hybridized carbons (Fsp3) is 0.179. The summed E-state index contributed by atoms with van der Waals surface area (Å²) in [4.78, 5) is 19.8. The molecule has 2 aromatic carbocycles. The van der Waals surface area contributed by atoms with E-state index in [4.69, 9.17) is 5.11 Å². The second-order valence-corrected chi connectivity index (χ2v) is 9.32. The van der Waals surface area contributed by atoms with Gasteiger partial charge in [-0.1, -0.05) is 36.8 Å². The maximum absolute atomic E-state index is 10.9. The molecule has 0 amide bonds. The number of carboxylic acid groups (broad SMARTS) is 1. The number of benzene rings is 2. The summed E-state index contributed by atoms with van der Waals surface area (Å²) in [5.74, 6) is -0.449. The van der Waals surface area contributed by atoms with E-state index >= 15 is 0 Å². The van der Waals surface area contributed by atoms with E-state index in [2.05, 4.69) is 53.3 Å². The monoisotopic (exact) mass is 452 g/mol. The molecule has 0 saturated heterocycles. The van der Waals surface area contributed by atoms with Gasteiger partial charge in [-0.3, -0.25) is 4.98 Å². The molecule has 1 aliphatic carbocycles. The summed E-state index contributed by atoms with van der Waals surface area (Å²) in [5.41, 5.74) is 11.0. The van der Waals surface area contributed by atoms with Gasteiger partial charge in [-0.15, -0.1) is 11.3 Å². The number of carbonyl (C=O) groups is 1. The maximum atomic E-state index is 10.9. The standard InChI is InChI=1S/C28H24N2O2S/c1-18-16-29-14-13-23(18)28(20-3-2-4-20)27(22-10-11-25-24(15-22)30-17-33-25)21-8-5-19(6-9-21)7-12-26(31)32/h5-17,20H,2-4H2,1H3,(H,31,32). The lowest BCUT2D eigenvalue weighted by Crippen LogP contribution is -2.16. The van der Waals surface area contributed by atoms with Crippen LogP contribution in [0.2, 0.25) is 0 Å². The number of aryl methyl sites for hydroxylation is 1. The first-order valence-corrected chi connectivity index (χ1v) is 12.0. The van der Waals surface area contributed by atoms with Crippen LogP contribution >= 0.6 is 11.3 Å². The van der Waals surface area contributed by atoms with Crippen molar-refractivity contribution in [1.29, 1.82) is 0 Å². The molecular formula is C28H24N2O2S. The highest BCUT2D eigenvalue weighted by Gasteiger charge is 2.28. The summed E-state index contributed by atoms with van der Waals surface area (Å²) >= 11 is 1.65. The Morgan fingerprint density at radius 2 is 1.88 bits per heavy atom. The first-order chi connectivity index (χ1) is 16.1. The normalized spacial score (nSPS) is 14.9. The molecule has 5 rings (SSSR count). The van der Waals surface area contributed by atoms with Crippen LogP contribution in [0.1, 0.15) is 47.1 Å². The molecule has 4 nitrogen and oxygen atoms in total. The molecule has 164 valence electrons. The lowest BCUT2D eigenvalue weighted by molar-refractivity contribution is -0.131. The SMILES string of the molecule is Cc1cnccc1C(=C(c1ccc(C=CC(=O)O)cc1)c1ccc2scnc2c1)C1CCC1. The number of pyridine rings is 1. The number of fused-ring (bicyclic) bond motifs is 1. The van der Waals surface area contributed by atoms with E-state index in [1.165, 1.54) is 52.3 Å². The van der Waals surface area contributed by atoms with Crippen molar-refractivity contribution in [1.82, 2.24) is 9.97 Å². The van der Waals surface area contributed by atoms with Gasteiger partial charge in [-0.2, -0.15) is 0 Å². The van der Waals surface area contributed by atoms with E-state index in [1.807, 2.05) is 30.0 Å². The van der Waals surface area contributed by atoms with Crippen molar-refractivity contribution in [3.63, 3.8) is 0 Å². The predicted molar refractivity (Wildman–Crippen MR) is 135 cm³/mol. The zero-order valence-electron chi connectivity index (χ0n) is 18.4. The van der Waals surface area contributed by atoms with Crippen molar-refractivity contribution in [2.75, 3.05) is 0 Å². The molecule has 2 aromatic heterocycles. The topological polar surface area (TPSA) is 63.1 Å². The minimum atomic E-state index is -0.948. The van der Waals surface area contributed by atoms with Crippen LogP contribution in [0.15, 0.2) is 72.5 Å². The van der Waals surface area contributed by atoms with Gasteiger partial charge in [0.05, 0.1) is 15.7 Å². The predicted octanol–water partition coefficient (Wildman–Crippen LogP) is 6.86. The van der Waals surface area contributed by atoms with Crippen LogP contribution in [0.4, 0.5) is 0 Å². The lowest BCUT2D eigenvalue weighted by atomic mass is 9.72. The van der Waals surface area contributed by atoms with Crippen LogP contribution in [0, 0.1) is 12.8 Å². The lowest BCUT2D eigenvalue weighted by Gasteiger charge is -2.32. The van der Waals surface area contributed by atoms with Crippen molar-refractivity contribution < 1.29 is 9.90 Å². The average molecular weight is 453 g/mol. The van der Waals surface area contributed by atoms with Gasteiger partial charge in [0.1, 0.15) is 0 Å². The highest BCUT2D eigenvalue weighted by Crippen LogP contribution is 2.46. The van der Waals surface area contributed by atoms with Gasteiger partial charge in [0.25, 0.3) is 0 Å². The van der Waals surface area contributed by atoms with Crippen LogP contribution in [0.25, 0.3) is 27.4 Å². The minimum absolute atomic E-state index is 0.499. The Labute approximate surface area is 197 Å². The van der Waals surface area contributed by atoms with E-state index in [9.17, 15) is 4.79 Å². The number of nitrogens with zero attached hydrogens (tertiary/aromatic N) is 2. The number of rotatable bonds is 6. The third kappa shape index (κ3) is 4.37. The Morgan fingerprint density at radius 3 is 2.58 bits per heavy atom. The molecule has 0 radical (unpaired) electrons. The summed E-state index contributed by atoms with van der Waals surface area (Å²) in [6.45, 7) is 2.13. The van der Waals surface area contributed by atoms with Crippen LogP contribution in [0.3, 0.4) is 0 Å². The Balaban J connectivity index is 1.74. The van der Waals surface area contributed by atoms with E-state index in [0.29, 0.717) is 5.92 Å². The van der Waals surface area contributed by atoms with Gasteiger partial charge >= 0.3 is 5.97 Å². The Hall–Kier alpha value is -3.57. The molecule has 0 bridgehead atoms. The number of aliphatic carboxylic acids is 1. The summed E-state index contributed by atoms with van der Waals surface area (Å²) in [5, 5.41) is 8.95. The minimum Gasteiger partial charge on any atom is -0.478 e. The summed E-state index contributed by atoms with van der Waals surface area (Å²) in [7, 11) is 0. The highest BCUT2D eigenvalue weighted by molar-refractivity contribution is 7.16. The van der Waals surface area contributed by atoms with E-state index < -0.39 is 5.97 Å². The second-order valence-electron chi connectivity index (χ2n) is 8.44. The Morgan fingerprint density at radius 1 is 1.09 bits per heavy atom. The molecule has 0 spiro atoms. The van der Waals surface area contributed by atoms with Gasteiger partial charge in [0, 0.05) is 18.5 Å². The first kappa shape index (κ1) is 21.3. The zero-order valence-corrected chi connectivity index (χ0v) is 19.2. The summed E-state index contributed by atoms with van der Waals surface area (Å²) < 4.78 is 1.18. The van der Waals surface area contributed by atoms with E-state index in [0.717, 1.165) is 22.2 Å². The van der Waals surface area contributed by atoms with Crippen LogP contribution < -0.4 is 0 Å². The maximum Gasteiger partial charge on any atom is 0.328 e. The van der Waals surface area contributed by atoms with Gasteiger partial charge in [-0.25, -0.2) is 9.78 Å². The Kier molecular flexibility index (Phi) is 5.88. The molecule has 5 heteroatoms. The first-order valence-electron chi connectivity index (χ1n) is 11.1. The van der Waals surface area contributed by atoms with Gasteiger partial charge in [-0.05, 0) is 88.9 Å². The van der Waals surface area contributed by atoms with Crippen LogP contribution in [0.5, 0.6) is 0 Å². The van der Waals surface area contributed by atoms with Gasteiger partial charge in [0.2, 0.25) is 0 Å². The third-order valence-corrected chi connectivity index (χ3v) is 7.14. The summed E-state index contributed by atoms with van der Waals surface area (Å²) in [6.07, 6.45) is 10.2. The molecule has 0 aliphatic heterocycles. The van der Waals surface area contributed by atoms with E-state index in [-0.39, 0.29) is 0 Å². The van der Waals surface area contributed by atoms with Gasteiger partial charge < -0.3 is 5.11 Å². The van der Waals surface area contributed by atoms with Crippen LogP contribution in [-0.4, -0.2) is 21.0 Å². The molecule has 1 fully saturated rings. The van der Waals surface area contributed by atoms with Gasteiger partial charge in [0.15, 0.2) is 0 Å². The molecule has 33 heavy (non-hydrogen) atoms. The Bertz CT molecular complexity index is 1380. The average Bonchev–Trinajstić information content (AvgIpc) is 3.25. The fourth-order valence-electron chi connectivity index (χ4n) is 4.45. The number of carboxylic acids is 1.